The molecule has 2 N–H and O–H groups in total. The molecule has 6 unspecified atom stereocenters. The standard InChI is InChI=1S/C23H49N/c1-9-12-21(11-3)20(8)23(14-13-17(4)5)19(7)16-22(24)15-18(6)10-2/h17-23H,9-16,24H2,1-8H3. The summed E-state index contributed by atoms with van der Waals surface area (Å²) in [5.74, 6) is 4.89. The van der Waals surface area contributed by atoms with Crippen molar-refractivity contribution in [2.45, 2.75) is 113 Å². The fourth-order valence-electron chi connectivity index (χ4n) is 4.58. The van der Waals surface area contributed by atoms with Crippen molar-refractivity contribution >= 4 is 0 Å². The van der Waals surface area contributed by atoms with Crippen molar-refractivity contribution in [1.29, 1.82) is 0 Å². The molecule has 0 bridgehead atoms. The molecule has 24 heavy (non-hydrogen) atoms. The number of nitrogens with two attached hydrogens (primary N) is 1. The van der Waals surface area contributed by atoms with Crippen molar-refractivity contribution in [3.63, 3.8) is 0 Å². The van der Waals surface area contributed by atoms with Crippen molar-refractivity contribution in [3.8, 4) is 0 Å². The average Bonchev–Trinajstić information content (AvgIpc) is 2.51. The molecule has 0 aliphatic carbocycles. The van der Waals surface area contributed by atoms with Gasteiger partial charge in [-0.05, 0) is 54.8 Å². The predicted molar refractivity (Wildman–Crippen MR) is 111 cm³/mol. The van der Waals surface area contributed by atoms with Crippen LogP contribution in [-0.4, -0.2) is 6.04 Å². The molecule has 0 aliphatic rings. The molecule has 0 aliphatic heterocycles. The molecule has 0 heterocycles. The van der Waals surface area contributed by atoms with Crippen molar-refractivity contribution in [1.82, 2.24) is 0 Å². The van der Waals surface area contributed by atoms with E-state index in [9.17, 15) is 0 Å². The smallest absolute Gasteiger partial charge is 0.00440 e. The Balaban J connectivity index is 4.89. The van der Waals surface area contributed by atoms with E-state index >= 15 is 0 Å². The molecule has 0 aromatic heterocycles. The second-order valence-corrected chi connectivity index (χ2v) is 9.17. The van der Waals surface area contributed by atoms with E-state index in [-0.39, 0.29) is 0 Å². The highest BCUT2D eigenvalue weighted by Crippen LogP contribution is 2.37. The first-order chi connectivity index (χ1) is 11.3. The second kappa shape index (κ2) is 13.2. The minimum atomic E-state index is 0.384. The van der Waals surface area contributed by atoms with Crippen LogP contribution in [0.5, 0.6) is 0 Å². The normalized spacial score (nSPS) is 19.8. The van der Waals surface area contributed by atoms with Crippen LogP contribution in [0.1, 0.15) is 107 Å². The Morgan fingerprint density at radius 2 is 1.38 bits per heavy atom. The molecule has 0 aromatic rings. The van der Waals surface area contributed by atoms with Crippen LogP contribution < -0.4 is 5.73 Å². The van der Waals surface area contributed by atoms with Gasteiger partial charge >= 0.3 is 0 Å². The molecule has 0 radical (unpaired) electrons. The van der Waals surface area contributed by atoms with E-state index < -0.39 is 0 Å². The van der Waals surface area contributed by atoms with Gasteiger partial charge in [-0.1, -0.05) is 87.5 Å². The van der Waals surface area contributed by atoms with Gasteiger partial charge in [0.25, 0.3) is 0 Å². The molecule has 0 saturated carbocycles. The van der Waals surface area contributed by atoms with E-state index in [0.29, 0.717) is 6.04 Å². The van der Waals surface area contributed by atoms with E-state index in [4.69, 9.17) is 5.73 Å². The third-order valence-electron chi connectivity index (χ3n) is 6.49. The molecule has 6 atom stereocenters. The third-order valence-corrected chi connectivity index (χ3v) is 6.49. The van der Waals surface area contributed by atoms with Gasteiger partial charge in [0.2, 0.25) is 0 Å². The average molecular weight is 340 g/mol. The van der Waals surface area contributed by atoms with Crippen molar-refractivity contribution in [3.05, 3.63) is 0 Å². The lowest BCUT2D eigenvalue weighted by Crippen LogP contribution is -2.32. The quantitative estimate of drug-likeness (QED) is 0.353. The van der Waals surface area contributed by atoms with E-state index in [0.717, 1.165) is 35.5 Å². The molecular weight excluding hydrogens is 290 g/mol. The minimum absolute atomic E-state index is 0.384. The number of hydrogen-bond acceptors (Lipinski definition) is 1. The maximum absolute atomic E-state index is 6.51. The van der Waals surface area contributed by atoms with Gasteiger partial charge in [-0.25, -0.2) is 0 Å². The Morgan fingerprint density at radius 3 is 1.83 bits per heavy atom. The Kier molecular flexibility index (Phi) is 13.2. The van der Waals surface area contributed by atoms with Gasteiger partial charge in [-0.2, -0.15) is 0 Å². The van der Waals surface area contributed by atoms with Crippen LogP contribution >= 0.6 is 0 Å². The summed E-state index contributed by atoms with van der Waals surface area (Å²) in [4.78, 5) is 0. The van der Waals surface area contributed by atoms with Gasteiger partial charge in [0.1, 0.15) is 0 Å². The molecule has 146 valence electrons. The molecule has 0 spiro atoms. The largest absolute Gasteiger partial charge is 0.328 e. The fourth-order valence-corrected chi connectivity index (χ4v) is 4.58. The fraction of sp³-hybridized carbons (Fsp3) is 1.00. The van der Waals surface area contributed by atoms with Crippen LogP contribution in [0.3, 0.4) is 0 Å². The van der Waals surface area contributed by atoms with Crippen LogP contribution in [-0.2, 0) is 0 Å². The molecule has 0 amide bonds. The Morgan fingerprint density at radius 1 is 0.750 bits per heavy atom. The summed E-state index contributed by atoms with van der Waals surface area (Å²) < 4.78 is 0. The van der Waals surface area contributed by atoms with Crippen LogP contribution in [0.15, 0.2) is 0 Å². The molecule has 1 nitrogen and oxygen atoms in total. The summed E-state index contributed by atoms with van der Waals surface area (Å²) in [5.41, 5.74) is 6.51. The van der Waals surface area contributed by atoms with Gasteiger partial charge in [-0.15, -0.1) is 0 Å². The first kappa shape index (κ1) is 24.0. The molecular formula is C23H49N. The SMILES string of the molecule is CCCC(CC)C(C)C(CCC(C)C)C(C)CC(N)CC(C)CC. The van der Waals surface area contributed by atoms with Gasteiger partial charge in [0.15, 0.2) is 0 Å². The lowest BCUT2D eigenvalue weighted by molar-refractivity contribution is 0.142. The third kappa shape index (κ3) is 9.44. The Labute approximate surface area is 154 Å². The molecule has 0 fully saturated rings. The van der Waals surface area contributed by atoms with E-state index in [1.807, 2.05) is 0 Å². The van der Waals surface area contributed by atoms with Crippen LogP contribution in [0.25, 0.3) is 0 Å². The number of hydrogen-bond donors (Lipinski definition) is 1. The van der Waals surface area contributed by atoms with Crippen LogP contribution in [0, 0.1) is 35.5 Å². The van der Waals surface area contributed by atoms with Gasteiger partial charge in [0.05, 0.1) is 0 Å². The summed E-state index contributed by atoms with van der Waals surface area (Å²) in [7, 11) is 0. The zero-order chi connectivity index (χ0) is 18.7. The van der Waals surface area contributed by atoms with Gasteiger partial charge < -0.3 is 5.73 Å². The van der Waals surface area contributed by atoms with E-state index in [1.165, 1.54) is 51.4 Å². The zero-order valence-electron chi connectivity index (χ0n) is 18.3. The lowest BCUT2D eigenvalue weighted by Gasteiger charge is -2.36. The van der Waals surface area contributed by atoms with Gasteiger partial charge in [0, 0.05) is 6.04 Å². The van der Waals surface area contributed by atoms with Crippen molar-refractivity contribution < 1.29 is 0 Å². The highest BCUT2D eigenvalue weighted by Gasteiger charge is 2.29. The molecule has 1 heteroatoms. The summed E-state index contributed by atoms with van der Waals surface area (Å²) in [6.07, 6.45) is 10.4. The lowest BCUT2D eigenvalue weighted by atomic mass is 9.70. The Bertz CT molecular complexity index is 286. The zero-order valence-corrected chi connectivity index (χ0v) is 18.3. The summed E-state index contributed by atoms with van der Waals surface area (Å²) >= 11 is 0. The summed E-state index contributed by atoms with van der Waals surface area (Å²) in [6.45, 7) is 19.1. The second-order valence-electron chi connectivity index (χ2n) is 9.17. The van der Waals surface area contributed by atoms with Crippen molar-refractivity contribution in [2.24, 2.45) is 41.2 Å². The van der Waals surface area contributed by atoms with E-state index in [1.54, 1.807) is 0 Å². The predicted octanol–water partition coefficient (Wildman–Crippen LogP) is 7.29. The molecule has 0 aromatic carbocycles. The van der Waals surface area contributed by atoms with E-state index in [2.05, 4.69) is 55.4 Å². The summed E-state index contributed by atoms with van der Waals surface area (Å²) in [5, 5.41) is 0. The Hall–Kier alpha value is -0.0400. The van der Waals surface area contributed by atoms with Gasteiger partial charge in [-0.3, -0.25) is 0 Å². The summed E-state index contributed by atoms with van der Waals surface area (Å²) in [6, 6.07) is 0.384. The maximum atomic E-state index is 6.51. The molecule has 0 rings (SSSR count). The first-order valence-electron chi connectivity index (χ1n) is 11.0. The highest BCUT2D eigenvalue weighted by atomic mass is 14.6. The minimum Gasteiger partial charge on any atom is -0.328 e. The molecule has 0 saturated heterocycles. The first-order valence-corrected chi connectivity index (χ1v) is 11.0. The van der Waals surface area contributed by atoms with Crippen LogP contribution in [0.4, 0.5) is 0 Å². The highest BCUT2D eigenvalue weighted by molar-refractivity contribution is 4.80. The topological polar surface area (TPSA) is 26.0 Å². The number of rotatable bonds is 14. The van der Waals surface area contributed by atoms with Crippen LogP contribution in [0.2, 0.25) is 0 Å². The maximum Gasteiger partial charge on any atom is 0.00440 e. The van der Waals surface area contributed by atoms with Crippen molar-refractivity contribution in [2.75, 3.05) is 0 Å². The monoisotopic (exact) mass is 339 g/mol.